The molecule has 0 radical (unpaired) electrons. The minimum absolute atomic E-state index is 0.629. The van der Waals surface area contributed by atoms with Gasteiger partial charge in [0.2, 0.25) is 0 Å². The molecule has 0 spiro atoms. The van der Waals surface area contributed by atoms with Crippen molar-refractivity contribution >= 4 is 15.1 Å². The maximum Gasteiger partial charge on any atom is 1.00 e. The molecule has 0 bridgehead atoms. The molecule has 0 fully saturated rings. The van der Waals surface area contributed by atoms with Crippen molar-refractivity contribution in [3.63, 3.8) is 0 Å². The standard InChI is InChI=1S/C6H6O.2C2H5O.Al/c7-6-4-2-1-3-5-6;2*1-2-3;/h1-5,7H;2*2H2,1H3;/q;2*-1;+3/p-1. The van der Waals surface area contributed by atoms with Gasteiger partial charge in [-0.2, -0.15) is 0 Å². The van der Waals surface area contributed by atoms with Crippen LogP contribution in [0.1, 0.15) is 13.8 Å². The summed E-state index contributed by atoms with van der Waals surface area (Å²) < 4.78 is 16.4. The quantitative estimate of drug-likeness (QED) is 0.673. The number of benzene rings is 1. The van der Waals surface area contributed by atoms with Gasteiger partial charge in [0, 0.05) is 13.2 Å². The van der Waals surface area contributed by atoms with Crippen LogP contribution in [-0.2, 0) is 7.58 Å². The van der Waals surface area contributed by atoms with E-state index in [4.69, 9.17) is 11.4 Å². The third kappa shape index (κ3) is 4.12. The normalized spacial score (nSPS) is 9.86. The zero-order valence-corrected chi connectivity index (χ0v) is 9.76. The number of hydrogen-bond acceptors (Lipinski definition) is 3. The van der Waals surface area contributed by atoms with Crippen LogP contribution in [0.2, 0.25) is 0 Å². The van der Waals surface area contributed by atoms with Gasteiger partial charge in [-0.05, 0) is 26.0 Å². The third-order valence-electron chi connectivity index (χ3n) is 1.58. The Bertz CT molecular complexity index is 234. The molecule has 0 atom stereocenters. The van der Waals surface area contributed by atoms with Crippen molar-refractivity contribution in [2.45, 2.75) is 13.8 Å². The van der Waals surface area contributed by atoms with Crippen LogP contribution in [0.15, 0.2) is 30.3 Å². The molecule has 0 saturated carbocycles. The molecule has 1 rings (SSSR count). The minimum atomic E-state index is -1.96. The largest absolute Gasteiger partial charge is 1.00 e. The van der Waals surface area contributed by atoms with Gasteiger partial charge in [-0.25, -0.2) is 0 Å². The van der Waals surface area contributed by atoms with E-state index in [0.717, 1.165) is 5.75 Å². The number of para-hydroxylation sites is 1. The molecular weight excluding hydrogens is 195 g/mol. The summed E-state index contributed by atoms with van der Waals surface area (Å²) in [6.45, 7) is 5.13. The molecule has 1 aromatic rings. The Morgan fingerprint density at radius 3 is 2.07 bits per heavy atom. The van der Waals surface area contributed by atoms with Crippen molar-refractivity contribution in [3.8, 4) is 5.75 Å². The topological polar surface area (TPSA) is 27.7 Å². The molecule has 0 heterocycles. The lowest BCUT2D eigenvalue weighted by molar-refractivity contribution is 0.153. The summed E-state index contributed by atoms with van der Waals surface area (Å²) in [7, 11) is 0. The molecular formula is C10H15AlO3. The fraction of sp³-hybridized carbons (Fsp3) is 0.400. The van der Waals surface area contributed by atoms with E-state index in [-0.39, 0.29) is 0 Å². The van der Waals surface area contributed by atoms with Crippen molar-refractivity contribution in [2.75, 3.05) is 13.2 Å². The number of rotatable bonds is 6. The van der Waals surface area contributed by atoms with Crippen LogP contribution in [0.25, 0.3) is 0 Å². The van der Waals surface area contributed by atoms with E-state index in [2.05, 4.69) is 0 Å². The average molecular weight is 210 g/mol. The molecule has 3 nitrogen and oxygen atoms in total. The van der Waals surface area contributed by atoms with Gasteiger partial charge in [0.1, 0.15) is 0 Å². The lowest BCUT2D eigenvalue weighted by atomic mass is 10.3. The Labute approximate surface area is 90.0 Å². The Kier molecular flexibility index (Phi) is 5.66. The fourth-order valence-electron chi connectivity index (χ4n) is 0.998. The van der Waals surface area contributed by atoms with E-state index >= 15 is 0 Å². The highest BCUT2D eigenvalue weighted by Gasteiger charge is 2.33. The van der Waals surface area contributed by atoms with Crippen molar-refractivity contribution in [2.24, 2.45) is 0 Å². The second kappa shape index (κ2) is 6.86. The summed E-state index contributed by atoms with van der Waals surface area (Å²) in [4.78, 5) is 0. The van der Waals surface area contributed by atoms with Crippen LogP contribution in [0, 0.1) is 0 Å². The molecule has 0 aliphatic heterocycles. The van der Waals surface area contributed by atoms with E-state index in [9.17, 15) is 0 Å². The Balaban J connectivity index is 2.46. The van der Waals surface area contributed by atoms with Gasteiger partial charge in [0.25, 0.3) is 0 Å². The Morgan fingerprint density at radius 1 is 1.00 bits per heavy atom. The molecule has 14 heavy (non-hydrogen) atoms. The van der Waals surface area contributed by atoms with Crippen LogP contribution in [-0.4, -0.2) is 28.4 Å². The monoisotopic (exact) mass is 210 g/mol. The molecule has 0 aliphatic carbocycles. The van der Waals surface area contributed by atoms with Gasteiger partial charge >= 0.3 is 15.1 Å². The van der Waals surface area contributed by atoms with E-state index in [0.29, 0.717) is 13.2 Å². The minimum Gasteiger partial charge on any atom is -0.599 e. The highest BCUT2D eigenvalue weighted by atomic mass is 27.3. The molecule has 1 aromatic carbocycles. The summed E-state index contributed by atoms with van der Waals surface area (Å²) in [6.07, 6.45) is 0. The first-order valence-electron chi connectivity index (χ1n) is 4.81. The van der Waals surface area contributed by atoms with Crippen LogP contribution >= 0.6 is 0 Å². The van der Waals surface area contributed by atoms with Gasteiger partial charge < -0.3 is 11.4 Å². The van der Waals surface area contributed by atoms with Crippen LogP contribution in [0.5, 0.6) is 5.75 Å². The highest BCUT2D eigenvalue weighted by molar-refractivity contribution is 6.37. The smallest absolute Gasteiger partial charge is 0.599 e. The summed E-state index contributed by atoms with van der Waals surface area (Å²) in [6, 6.07) is 9.61. The Hall–Kier alpha value is -0.528. The third-order valence-corrected chi connectivity index (χ3v) is 3.26. The highest BCUT2D eigenvalue weighted by Crippen LogP contribution is 2.10. The van der Waals surface area contributed by atoms with E-state index < -0.39 is 15.1 Å². The first-order chi connectivity index (χ1) is 6.86. The first-order valence-corrected chi connectivity index (χ1v) is 6.23. The fourth-order valence-corrected chi connectivity index (χ4v) is 2.15. The zero-order valence-electron chi connectivity index (χ0n) is 8.60. The summed E-state index contributed by atoms with van der Waals surface area (Å²) >= 11 is -1.96. The van der Waals surface area contributed by atoms with Gasteiger partial charge in [-0.15, -0.1) is 0 Å². The number of hydrogen-bond donors (Lipinski definition) is 0. The van der Waals surface area contributed by atoms with Gasteiger partial charge in [0.15, 0.2) is 0 Å². The maximum absolute atomic E-state index is 5.59. The first kappa shape index (κ1) is 11.5. The Morgan fingerprint density at radius 2 is 1.57 bits per heavy atom. The van der Waals surface area contributed by atoms with Crippen molar-refractivity contribution in [3.05, 3.63) is 30.3 Å². The predicted molar refractivity (Wildman–Crippen MR) is 56.1 cm³/mol. The molecule has 0 amide bonds. The molecule has 76 valence electrons. The predicted octanol–water partition coefficient (Wildman–Crippen LogP) is 2.12. The summed E-state index contributed by atoms with van der Waals surface area (Å²) in [5, 5.41) is 0. The van der Waals surface area contributed by atoms with Gasteiger partial charge in [-0.3, -0.25) is 0 Å². The van der Waals surface area contributed by atoms with Crippen molar-refractivity contribution in [1.82, 2.24) is 0 Å². The lowest BCUT2D eigenvalue weighted by Crippen LogP contribution is -2.30. The van der Waals surface area contributed by atoms with Crippen LogP contribution < -0.4 is 3.79 Å². The van der Waals surface area contributed by atoms with Crippen molar-refractivity contribution in [1.29, 1.82) is 0 Å². The zero-order chi connectivity index (χ0) is 10.2. The molecule has 0 N–H and O–H groups in total. The van der Waals surface area contributed by atoms with E-state index in [1.54, 1.807) is 0 Å². The SMILES string of the molecule is CC[O][Al]([O]CC)[O]c1ccccc1. The van der Waals surface area contributed by atoms with E-state index in [1.807, 2.05) is 44.2 Å². The lowest BCUT2D eigenvalue weighted by Gasteiger charge is -2.12. The molecule has 0 saturated heterocycles. The molecule has 0 aromatic heterocycles. The van der Waals surface area contributed by atoms with Gasteiger partial charge in [0.05, 0.1) is 5.75 Å². The maximum atomic E-state index is 5.59. The van der Waals surface area contributed by atoms with Crippen molar-refractivity contribution < 1.29 is 11.4 Å². The second-order valence-electron chi connectivity index (χ2n) is 2.63. The average Bonchev–Trinajstić information content (AvgIpc) is 2.20. The second-order valence-corrected chi connectivity index (χ2v) is 4.11. The molecule has 0 aliphatic rings. The van der Waals surface area contributed by atoms with Crippen LogP contribution in [0.3, 0.4) is 0 Å². The molecule has 4 heteroatoms. The van der Waals surface area contributed by atoms with Gasteiger partial charge in [-0.1, -0.05) is 18.2 Å². The van der Waals surface area contributed by atoms with Crippen LogP contribution in [0.4, 0.5) is 0 Å². The summed E-state index contributed by atoms with van der Waals surface area (Å²) in [5.41, 5.74) is 0. The summed E-state index contributed by atoms with van der Waals surface area (Å²) in [5.74, 6) is 0.811. The van der Waals surface area contributed by atoms with E-state index in [1.165, 1.54) is 0 Å². The molecule has 0 unspecified atom stereocenters.